The molecule has 0 bridgehead atoms. The first-order valence-corrected chi connectivity index (χ1v) is 7.80. The van der Waals surface area contributed by atoms with Crippen LogP contribution in [-0.4, -0.2) is 26.6 Å². The topological polar surface area (TPSA) is 98.0 Å². The van der Waals surface area contributed by atoms with Crippen molar-refractivity contribution in [3.63, 3.8) is 0 Å². The Morgan fingerprint density at radius 1 is 1.36 bits per heavy atom. The van der Waals surface area contributed by atoms with Crippen LogP contribution in [0.1, 0.15) is 5.69 Å². The molecule has 0 fully saturated rings. The summed E-state index contributed by atoms with van der Waals surface area (Å²) in [4.78, 5) is 29.0. The quantitative estimate of drug-likeness (QED) is 0.360. The van der Waals surface area contributed by atoms with E-state index < -0.39 is 28.4 Å². The highest BCUT2D eigenvalue weighted by Gasteiger charge is 2.32. The van der Waals surface area contributed by atoms with Crippen molar-refractivity contribution < 1.29 is 22.9 Å². The van der Waals surface area contributed by atoms with Crippen molar-refractivity contribution in [1.29, 1.82) is 0 Å². The number of nitrogens with one attached hydrogen (secondary N) is 1. The Morgan fingerprint density at radius 2 is 2.08 bits per heavy atom. The molecule has 2 rings (SSSR count). The monoisotopic (exact) mass is 392 g/mol. The number of aromatic nitrogens is 2. The van der Waals surface area contributed by atoms with Crippen LogP contribution in [0.15, 0.2) is 35.6 Å². The van der Waals surface area contributed by atoms with Gasteiger partial charge in [0, 0.05) is 17.3 Å². The lowest BCUT2D eigenvalue weighted by molar-refractivity contribution is -0.383. The molecule has 0 radical (unpaired) electrons. The molecule has 0 saturated carbocycles. The number of nitro groups is 1. The van der Waals surface area contributed by atoms with Crippen molar-refractivity contribution >= 4 is 40.6 Å². The zero-order chi connectivity index (χ0) is 18.6. The molecule has 132 valence electrons. The number of carbonyl (C=O) groups is 1. The van der Waals surface area contributed by atoms with Crippen LogP contribution in [0.3, 0.4) is 0 Å². The smallest absolute Gasteiger partial charge is 0.320 e. The molecule has 1 amide bonds. The number of nitrogens with zero attached hydrogens (tertiary/aromatic N) is 3. The third-order valence-corrected chi connectivity index (χ3v) is 3.78. The molecule has 0 aliphatic heterocycles. The molecule has 0 spiro atoms. The summed E-state index contributed by atoms with van der Waals surface area (Å²) in [5.41, 5.74) is -1.61. The predicted octanol–water partition coefficient (Wildman–Crippen LogP) is 3.79. The minimum Gasteiger partial charge on any atom is -0.320 e. The van der Waals surface area contributed by atoms with Crippen LogP contribution in [-0.2, 0) is 11.0 Å². The Labute approximate surface area is 147 Å². The summed E-state index contributed by atoms with van der Waals surface area (Å²) in [6, 6.07) is 4.39. The maximum Gasteiger partial charge on any atom is 0.433 e. The SMILES string of the molecule is O=C(CSc1nccc(C(F)(F)F)n1)Nc1ccc(Cl)cc1[N+](=O)[O-]. The Hall–Kier alpha value is -2.40. The van der Waals surface area contributed by atoms with Gasteiger partial charge >= 0.3 is 6.18 Å². The number of hydrogen-bond acceptors (Lipinski definition) is 6. The first kappa shape index (κ1) is 18.9. The van der Waals surface area contributed by atoms with E-state index in [1.807, 2.05) is 0 Å². The van der Waals surface area contributed by atoms with Crippen LogP contribution in [0, 0.1) is 10.1 Å². The summed E-state index contributed by atoms with van der Waals surface area (Å²) in [7, 11) is 0. The zero-order valence-corrected chi connectivity index (χ0v) is 13.7. The largest absolute Gasteiger partial charge is 0.433 e. The number of hydrogen-bond donors (Lipinski definition) is 1. The molecule has 0 atom stereocenters. The molecule has 0 aliphatic rings. The lowest BCUT2D eigenvalue weighted by Gasteiger charge is -2.07. The fourth-order valence-electron chi connectivity index (χ4n) is 1.65. The number of amides is 1. The van der Waals surface area contributed by atoms with Crippen LogP contribution < -0.4 is 5.32 Å². The highest BCUT2D eigenvalue weighted by molar-refractivity contribution is 7.99. The zero-order valence-electron chi connectivity index (χ0n) is 12.1. The fourth-order valence-corrected chi connectivity index (χ4v) is 2.44. The molecule has 2 aromatic rings. The van der Waals surface area contributed by atoms with Gasteiger partial charge in [0.2, 0.25) is 5.91 Å². The molecule has 1 N–H and O–H groups in total. The van der Waals surface area contributed by atoms with Gasteiger partial charge < -0.3 is 5.32 Å². The van der Waals surface area contributed by atoms with E-state index >= 15 is 0 Å². The number of thioether (sulfide) groups is 1. The molecule has 25 heavy (non-hydrogen) atoms. The van der Waals surface area contributed by atoms with E-state index in [2.05, 4.69) is 15.3 Å². The molecule has 1 heterocycles. The van der Waals surface area contributed by atoms with E-state index in [0.29, 0.717) is 17.8 Å². The maximum atomic E-state index is 12.6. The van der Waals surface area contributed by atoms with Crippen molar-refractivity contribution in [3.05, 3.63) is 51.3 Å². The summed E-state index contributed by atoms with van der Waals surface area (Å²) >= 11 is 6.33. The summed E-state index contributed by atoms with van der Waals surface area (Å²) < 4.78 is 37.7. The Morgan fingerprint density at radius 3 is 2.72 bits per heavy atom. The highest BCUT2D eigenvalue weighted by atomic mass is 35.5. The Balaban J connectivity index is 2.04. The molecule has 0 aliphatic carbocycles. The molecular weight excluding hydrogens is 385 g/mol. The van der Waals surface area contributed by atoms with Crippen molar-refractivity contribution in [2.75, 3.05) is 11.1 Å². The van der Waals surface area contributed by atoms with Crippen molar-refractivity contribution in [1.82, 2.24) is 9.97 Å². The number of anilines is 1. The van der Waals surface area contributed by atoms with E-state index in [0.717, 1.165) is 12.3 Å². The molecule has 7 nitrogen and oxygen atoms in total. The lowest BCUT2D eigenvalue weighted by atomic mass is 10.2. The van der Waals surface area contributed by atoms with Crippen LogP contribution in [0.5, 0.6) is 0 Å². The third kappa shape index (κ3) is 5.29. The van der Waals surface area contributed by atoms with Crippen LogP contribution in [0.4, 0.5) is 24.5 Å². The second-order valence-electron chi connectivity index (χ2n) is 4.48. The van der Waals surface area contributed by atoms with Gasteiger partial charge in [-0.15, -0.1) is 0 Å². The Kier molecular flexibility index (Phi) is 5.80. The number of halogens is 4. The van der Waals surface area contributed by atoms with E-state index in [1.54, 1.807) is 0 Å². The Bertz CT molecular complexity index is 819. The second kappa shape index (κ2) is 7.66. The minimum atomic E-state index is -4.62. The third-order valence-electron chi connectivity index (χ3n) is 2.69. The summed E-state index contributed by atoms with van der Waals surface area (Å²) in [5, 5.41) is 13.1. The van der Waals surface area contributed by atoms with Crippen molar-refractivity contribution in [3.8, 4) is 0 Å². The summed E-state index contributed by atoms with van der Waals surface area (Å²) in [6.45, 7) is 0. The summed E-state index contributed by atoms with van der Waals surface area (Å²) in [5.74, 6) is -1.00. The van der Waals surface area contributed by atoms with E-state index in [4.69, 9.17) is 11.6 Å². The van der Waals surface area contributed by atoms with Gasteiger partial charge in [-0.3, -0.25) is 14.9 Å². The minimum absolute atomic E-state index is 0.0787. The molecular formula is C13H8ClF3N4O3S. The normalized spacial score (nSPS) is 11.2. The lowest BCUT2D eigenvalue weighted by Crippen LogP contribution is -2.15. The number of carbonyl (C=O) groups excluding carboxylic acids is 1. The first-order chi connectivity index (χ1) is 11.7. The number of nitro benzene ring substituents is 1. The van der Waals surface area contributed by atoms with Gasteiger partial charge in [0.25, 0.3) is 5.69 Å². The summed E-state index contributed by atoms with van der Waals surface area (Å²) in [6.07, 6.45) is -3.69. The maximum absolute atomic E-state index is 12.6. The van der Waals surface area contributed by atoms with Gasteiger partial charge in [-0.1, -0.05) is 23.4 Å². The molecule has 12 heteroatoms. The van der Waals surface area contributed by atoms with Gasteiger partial charge in [-0.2, -0.15) is 13.2 Å². The number of alkyl halides is 3. The van der Waals surface area contributed by atoms with Gasteiger partial charge in [0.05, 0.1) is 10.7 Å². The van der Waals surface area contributed by atoms with Gasteiger partial charge in [-0.25, -0.2) is 9.97 Å². The van der Waals surface area contributed by atoms with Gasteiger partial charge in [0.15, 0.2) is 5.16 Å². The average Bonchev–Trinajstić information content (AvgIpc) is 2.54. The first-order valence-electron chi connectivity index (χ1n) is 6.43. The van der Waals surface area contributed by atoms with E-state index in [9.17, 15) is 28.1 Å². The van der Waals surface area contributed by atoms with Gasteiger partial charge in [-0.05, 0) is 18.2 Å². The molecule has 1 aromatic carbocycles. The fraction of sp³-hybridized carbons (Fsp3) is 0.154. The van der Waals surface area contributed by atoms with Crippen LogP contribution >= 0.6 is 23.4 Å². The number of rotatable bonds is 5. The van der Waals surface area contributed by atoms with Crippen molar-refractivity contribution in [2.24, 2.45) is 0 Å². The standard InChI is InChI=1S/C13H8ClF3N4O3S/c14-7-1-2-8(9(5-7)21(23)24)19-11(22)6-25-12-18-4-3-10(20-12)13(15,16)17/h1-5H,6H2,(H,19,22). The van der Waals surface area contributed by atoms with E-state index in [1.165, 1.54) is 12.1 Å². The highest BCUT2D eigenvalue weighted by Crippen LogP contribution is 2.29. The van der Waals surface area contributed by atoms with Crippen molar-refractivity contribution in [2.45, 2.75) is 11.3 Å². The second-order valence-corrected chi connectivity index (χ2v) is 5.86. The van der Waals surface area contributed by atoms with Gasteiger partial charge in [0.1, 0.15) is 11.4 Å². The number of benzene rings is 1. The predicted molar refractivity (Wildman–Crippen MR) is 84.5 cm³/mol. The van der Waals surface area contributed by atoms with Crippen LogP contribution in [0.25, 0.3) is 0 Å². The molecule has 1 aromatic heterocycles. The molecule has 0 unspecified atom stereocenters. The van der Waals surface area contributed by atoms with Crippen LogP contribution in [0.2, 0.25) is 5.02 Å². The average molecular weight is 393 g/mol. The van der Waals surface area contributed by atoms with E-state index in [-0.39, 0.29) is 21.6 Å². The molecule has 0 saturated heterocycles.